The SMILES string of the molecule is C[C@]12CCCCC1CC(=O)[C@@H]1[C@@H]2CC[C@]2(C)C(=O)[C@H](Br)C[C@@H]12. The smallest absolute Gasteiger partial charge is 0.152 e. The fourth-order valence-corrected chi connectivity index (χ4v) is 7.64. The maximum Gasteiger partial charge on any atom is 0.152 e. The average Bonchev–Trinajstić information content (AvgIpc) is 2.71. The Kier molecular flexibility index (Phi) is 3.43. The number of hydrogen-bond acceptors (Lipinski definition) is 2. The third-order valence-electron chi connectivity index (χ3n) is 8.09. The van der Waals surface area contributed by atoms with Gasteiger partial charge in [0, 0.05) is 17.8 Å². The third kappa shape index (κ3) is 1.84. The molecule has 0 aliphatic heterocycles. The van der Waals surface area contributed by atoms with Crippen LogP contribution in [0.5, 0.6) is 0 Å². The molecule has 22 heavy (non-hydrogen) atoms. The van der Waals surface area contributed by atoms with E-state index in [0.717, 1.165) is 25.7 Å². The molecule has 0 aromatic rings. The molecular formula is C19H27BrO2. The van der Waals surface area contributed by atoms with Crippen molar-refractivity contribution < 1.29 is 9.59 Å². The van der Waals surface area contributed by atoms with Crippen LogP contribution in [0.25, 0.3) is 0 Å². The Morgan fingerprint density at radius 2 is 1.82 bits per heavy atom. The second kappa shape index (κ2) is 4.91. The number of carbonyl (C=O) groups excluding carboxylic acids is 2. The molecule has 4 rings (SSSR count). The van der Waals surface area contributed by atoms with Crippen LogP contribution in [0.15, 0.2) is 0 Å². The highest BCUT2D eigenvalue weighted by Crippen LogP contribution is 2.65. The first-order chi connectivity index (χ1) is 10.4. The molecule has 4 aliphatic carbocycles. The summed E-state index contributed by atoms with van der Waals surface area (Å²) in [6, 6.07) is 0. The maximum atomic E-state index is 13.0. The standard InChI is InChI=1S/C19H27BrO2/c1-18-7-4-3-5-11(18)9-15(21)16-12(18)6-8-19(2)13(16)10-14(20)17(19)22/h11-14,16H,3-10H2,1-2H3/t11?,12-,13-,14+,16+,18-,19-/m0/s1. The molecule has 0 amide bonds. The second-order valence-corrected chi connectivity index (χ2v) is 9.99. The molecule has 0 bridgehead atoms. The molecule has 1 unspecified atom stereocenters. The van der Waals surface area contributed by atoms with Crippen LogP contribution in [-0.4, -0.2) is 16.4 Å². The summed E-state index contributed by atoms with van der Waals surface area (Å²) in [5, 5.41) is 0. The minimum Gasteiger partial charge on any atom is -0.299 e. The van der Waals surface area contributed by atoms with Gasteiger partial charge in [0.1, 0.15) is 5.78 Å². The molecule has 0 heterocycles. The molecule has 4 saturated carbocycles. The summed E-state index contributed by atoms with van der Waals surface area (Å²) in [5.41, 5.74) is 0.106. The predicted molar refractivity (Wildman–Crippen MR) is 89.8 cm³/mol. The summed E-state index contributed by atoms with van der Waals surface area (Å²) in [6.07, 6.45) is 8.90. The van der Waals surface area contributed by atoms with Crippen LogP contribution >= 0.6 is 15.9 Å². The van der Waals surface area contributed by atoms with Gasteiger partial charge in [-0.05, 0) is 55.3 Å². The fraction of sp³-hybridized carbons (Fsp3) is 0.895. The molecule has 0 spiro atoms. The van der Waals surface area contributed by atoms with E-state index in [0.29, 0.717) is 28.8 Å². The summed E-state index contributed by atoms with van der Waals surface area (Å²) >= 11 is 3.59. The van der Waals surface area contributed by atoms with Crippen molar-refractivity contribution in [2.75, 3.05) is 0 Å². The van der Waals surface area contributed by atoms with Crippen molar-refractivity contribution in [3.63, 3.8) is 0 Å². The lowest BCUT2D eigenvalue weighted by Crippen LogP contribution is -2.56. The van der Waals surface area contributed by atoms with E-state index in [9.17, 15) is 9.59 Å². The van der Waals surface area contributed by atoms with Gasteiger partial charge < -0.3 is 0 Å². The van der Waals surface area contributed by atoms with E-state index < -0.39 is 0 Å². The molecule has 0 aromatic heterocycles. The lowest BCUT2D eigenvalue weighted by atomic mass is 9.45. The Hall–Kier alpha value is -0.180. The van der Waals surface area contributed by atoms with Crippen LogP contribution in [0.4, 0.5) is 0 Å². The van der Waals surface area contributed by atoms with Crippen LogP contribution in [0.3, 0.4) is 0 Å². The van der Waals surface area contributed by atoms with Gasteiger partial charge in [0.05, 0.1) is 4.83 Å². The van der Waals surface area contributed by atoms with Crippen LogP contribution in [0, 0.1) is 34.5 Å². The predicted octanol–water partition coefficient (Wildman–Crippen LogP) is 4.54. The van der Waals surface area contributed by atoms with Crippen molar-refractivity contribution in [2.24, 2.45) is 34.5 Å². The van der Waals surface area contributed by atoms with E-state index in [1.807, 2.05) is 0 Å². The first-order valence-electron chi connectivity index (χ1n) is 9.09. The van der Waals surface area contributed by atoms with Crippen molar-refractivity contribution in [2.45, 2.75) is 70.0 Å². The van der Waals surface area contributed by atoms with Crippen LogP contribution in [0.2, 0.25) is 0 Å². The van der Waals surface area contributed by atoms with E-state index in [2.05, 4.69) is 29.8 Å². The van der Waals surface area contributed by atoms with E-state index in [1.165, 1.54) is 25.7 Å². The summed E-state index contributed by atoms with van der Waals surface area (Å²) in [5.74, 6) is 2.43. The molecule has 4 fully saturated rings. The molecular weight excluding hydrogens is 340 g/mol. The number of halogens is 1. The minimum absolute atomic E-state index is 0.0223. The van der Waals surface area contributed by atoms with Gasteiger partial charge in [-0.2, -0.15) is 0 Å². The highest BCUT2D eigenvalue weighted by molar-refractivity contribution is 9.10. The van der Waals surface area contributed by atoms with Gasteiger partial charge in [0.15, 0.2) is 5.78 Å². The maximum absolute atomic E-state index is 13.0. The van der Waals surface area contributed by atoms with Gasteiger partial charge in [-0.15, -0.1) is 0 Å². The normalized spacial score (nSPS) is 54.6. The Labute approximate surface area is 141 Å². The Morgan fingerprint density at radius 1 is 1.05 bits per heavy atom. The largest absolute Gasteiger partial charge is 0.299 e. The molecule has 4 aliphatic rings. The lowest BCUT2D eigenvalue weighted by molar-refractivity contribution is -0.156. The van der Waals surface area contributed by atoms with Crippen molar-refractivity contribution in [3.8, 4) is 0 Å². The van der Waals surface area contributed by atoms with Gasteiger partial charge in [-0.25, -0.2) is 0 Å². The first-order valence-corrected chi connectivity index (χ1v) is 10.0. The van der Waals surface area contributed by atoms with Crippen molar-refractivity contribution in [1.82, 2.24) is 0 Å². The number of ketones is 2. The molecule has 2 nitrogen and oxygen atoms in total. The Balaban J connectivity index is 1.73. The summed E-state index contributed by atoms with van der Waals surface area (Å²) in [7, 11) is 0. The first kappa shape index (κ1) is 15.4. The van der Waals surface area contributed by atoms with Crippen molar-refractivity contribution in [3.05, 3.63) is 0 Å². The quantitative estimate of drug-likeness (QED) is 0.589. The number of Topliss-reactive ketones (excluding diaryl/α,β-unsaturated/α-hetero) is 2. The monoisotopic (exact) mass is 366 g/mol. The highest BCUT2D eigenvalue weighted by atomic mass is 79.9. The summed E-state index contributed by atoms with van der Waals surface area (Å²) in [6.45, 7) is 4.60. The highest BCUT2D eigenvalue weighted by Gasteiger charge is 2.63. The molecule has 3 heteroatoms. The number of rotatable bonds is 0. The van der Waals surface area contributed by atoms with E-state index >= 15 is 0 Å². The van der Waals surface area contributed by atoms with Crippen molar-refractivity contribution in [1.29, 1.82) is 0 Å². The third-order valence-corrected chi connectivity index (χ3v) is 8.88. The van der Waals surface area contributed by atoms with E-state index in [1.54, 1.807) is 0 Å². The number of hydrogen-bond donors (Lipinski definition) is 0. The van der Waals surface area contributed by atoms with Gasteiger partial charge >= 0.3 is 0 Å². The number of fused-ring (bicyclic) bond motifs is 5. The lowest BCUT2D eigenvalue weighted by Gasteiger charge is -2.58. The van der Waals surface area contributed by atoms with Crippen molar-refractivity contribution >= 4 is 27.5 Å². The van der Waals surface area contributed by atoms with Gasteiger partial charge in [-0.1, -0.05) is 42.6 Å². The van der Waals surface area contributed by atoms with Crippen LogP contribution < -0.4 is 0 Å². The number of alkyl halides is 1. The summed E-state index contributed by atoms with van der Waals surface area (Å²) in [4.78, 5) is 25.6. The fourth-order valence-electron chi connectivity index (χ4n) is 6.72. The average molecular weight is 367 g/mol. The second-order valence-electron chi connectivity index (χ2n) is 8.88. The van der Waals surface area contributed by atoms with Crippen LogP contribution in [0.1, 0.15) is 65.2 Å². The Morgan fingerprint density at radius 3 is 2.59 bits per heavy atom. The topological polar surface area (TPSA) is 34.1 Å². The molecule has 0 saturated heterocycles. The minimum atomic E-state index is -0.247. The summed E-state index contributed by atoms with van der Waals surface area (Å²) < 4.78 is 0. The molecule has 7 atom stereocenters. The zero-order chi connectivity index (χ0) is 15.7. The van der Waals surface area contributed by atoms with Gasteiger partial charge in [-0.3, -0.25) is 9.59 Å². The molecule has 122 valence electrons. The van der Waals surface area contributed by atoms with Crippen LogP contribution in [-0.2, 0) is 9.59 Å². The Bertz CT molecular complexity index is 530. The van der Waals surface area contributed by atoms with E-state index in [4.69, 9.17) is 0 Å². The number of carbonyl (C=O) groups is 2. The zero-order valence-corrected chi connectivity index (χ0v) is 15.3. The van der Waals surface area contributed by atoms with Gasteiger partial charge in [0.25, 0.3) is 0 Å². The van der Waals surface area contributed by atoms with E-state index in [-0.39, 0.29) is 22.1 Å². The molecule has 0 aromatic carbocycles. The molecule has 0 N–H and O–H groups in total. The molecule has 0 radical (unpaired) electrons. The zero-order valence-electron chi connectivity index (χ0n) is 13.7. The van der Waals surface area contributed by atoms with Gasteiger partial charge in [0.2, 0.25) is 0 Å².